The van der Waals surface area contributed by atoms with Crippen molar-refractivity contribution in [1.82, 2.24) is 5.32 Å². The molecule has 0 saturated heterocycles. The average Bonchev–Trinajstić information content (AvgIpc) is 3.24. The number of fused-ring (bicyclic) bond motifs is 5. The van der Waals surface area contributed by atoms with Gasteiger partial charge in [-0.05, 0) is 73.8 Å². The van der Waals surface area contributed by atoms with Gasteiger partial charge in [0.15, 0.2) is 12.4 Å². The number of amides is 1. The number of ether oxygens (including phenoxy) is 1. The molecule has 3 fully saturated rings. The molecule has 1 amide bonds. The predicted molar refractivity (Wildman–Crippen MR) is 153 cm³/mol. The van der Waals surface area contributed by atoms with Gasteiger partial charge in [0.25, 0.3) is 0 Å². The van der Waals surface area contributed by atoms with Crippen LogP contribution in [-0.2, 0) is 30.5 Å². The van der Waals surface area contributed by atoms with E-state index < -0.39 is 52.8 Å². The zero-order valence-electron chi connectivity index (χ0n) is 24.5. The van der Waals surface area contributed by atoms with Gasteiger partial charge in [0, 0.05) is 29.7 Å². The van der Waals surface area contributed by atoms with Crippen LogP contribution in [0.2, 0.25) is 0 Å². The Bertz CT molecular complexity index is 1400. The van der Waals surface area contributed by atoms with E-state index in [0.717, 1.165) is 18.4 Å². The van der Waals surface area contributed by atoms with Crippen molar-refractivity contribution in [3.8, 4) is 0 Å². The maximum absolute atomic E-state index is 13.4. The van der Waals surface area contributed by atoms with Gasteiger partial charge in [0.2, 0.25) is 11.7 Å². The fourth-order valence-electron chi connectivity index (χ4n) is 8.40. The van der Waals surface area contributed by atoms with Gasteiger partial charge in [0.1, 0.15) is 5.60 Å². The van der Waals surface area contributed by atoms with Gasteiger partial charge in [-0.3, -0.25) is 19.2 Å². The zero-order chi connectivity index (χ0) is 31.2. The largest absolute Gasteiger partial charge is 0.478 e. The summed E-state index contributed by atoms with van der Waals surface area (Å²) in [7, 11) is 0. The van der Waals surface area contributed by atoms with Crippen LogP contribution < -0.4 is 5.32 Å². The molecule has 0 unspecified atom stereocenters. The highest BCUT2D eigenvalue weighted by Crippen LogP contribution is 2.67. The van der Waals surface area contributed by atoms with Crippen LogP contribution in [0.15, 0.2) is 48.1 Å². The van der Waals surface area contributed by atoms with Gasteiger partial charge in [-0.2, -0.15) is 0 Å². The average molecular weight is 594 g/mol. The lowest BCUT2D eigenvalue weighted by Crippen LogP contribution is -2.61. The van der Waals surface area contributed by atoms with E-state index in [0.29, 0.717) is 12.0 Å². The van der Waals surface area contributed by atoms with Crippen LogP contribution in [0.25, 0.3) is 0 Å². The van der Waals surface area contributed by atoms with Crippen LogP contribution in [-0.4, -0.2) is 63.0 Å². The molecule has 4 N–H and O–H groups in total. The topological polar surface area (TPSA) is 167 Å². The number of hydrogen-bond acceptors (Lipinski definition) is 8. The molecular formula is C33H39NO9. The van der Waals surface area contributed by atoms with E-state index in [4.69, 9.17) is 9.84 Å². The second-order valence-corrected chi connectivity index (χ2v) is 13.0. The Kier molecular flexibility index (Phi) is 8.22. The number of benzene rings is 1. The maximum Gasteiger partial charge on any atom is 0.335 e. The van der Waals surface area contributed by atoms with Crippen LogP contribution in [0, 0.1) is 28.6 Å². The summed E-state index contributed by atoms with van der Waals surface area (Å²) < 4.78 is 5.19. The van der Waals surface area contributed by atoms with Crippen molar-refractivity contribution in [3.63, 3.8) is 0 Å². The monoisotopic (exact) mass is 593 g/mol. The van der Waals surface area contributed by atoms with Crippen molar-refractivity contribution in [3.05, 3.63) is 59.2 Å². The highest BCUT2D eigenvalue weighted by atomic mass is 16.5. The summed E-state index contributed by atoms with van der Waals surface area (Å²) in [5.41, 5.74) is -1.24. The number of carbonyl (C=O) groups is 5. The molecule has 10 heteroatoms. The lowest BCUT2D eigenvalue weighted by atomic mass is 9.46. The molecule has 3 saturated carbocycles. The lowest BCUT2D eigenvalue weighted by Gasteiger charge is -2.59. The molecule has 0 bridgehead atoms. The Morgan fingerprint density at radius 3 is 2.49 bits per heavy atom. The molecule has 1 aromatic rings. The number of aliphatic hydroxyl groups excluding tert-OH is 1. The summed E-state index contributed by atoms with van der Waals surface area (Å²) >= 11 is 0. The molecular weight excluding hydrogens is 554 g/mol. The number of aliphatic hydroxyl groups is 2. The van der Waals surface area contributed by atoms with Crippen LogP contribution >= 0.6 is 0 Å². The number of hydrogen-bond donors (Lipinski definition) is 4. The minimum absolute atomic E-state index is 0.0148. The third-order valence-corrected chi connectivity index (χ3v) is 10.7. The van der Waals surface area contributed by atoms with Crippen LogP contribution in [0.3, 0.4) is 0 Å². The second-order valence-electron chi connectivity index (χ2n) is 13.0. The number of esters is 1. The van der Waals surface area contributed by atoms with E-state index >= 15 is 0 Å². The first-order valence-electron chi connectivity index (χ1n) is 14.9. The Balaban J connectivity index is 1.14. The highest BCUT2D eigenvalue weighted by Gasteiger charge is 2.68. The summed E-state index contributed by atoms with van der Waals surface area (Å²) in [5.74, 6) is -2.90. The van der Waals surface area contributed by atoms with Gasteiger partial charge < -0.3 is 25.4 Å². The summed E-state index contributed by atoms with van der Waals surface area (Å²) in [6.45, 7) is 3.47. The number of Topliss-reactive ketones (excluding diaryl/α,β-unsaturated/α-hetero) is 1. The smallest absolute Gasteiger partial charge is 0.335 e. The molecule has 1 aromatic carbocycles. The molecule has 7 atom stereocenters. The first-order chi connectivity index (χ1) is 20.3. The standard InChI is InChI=1S/C33H39NO9/c1-31-13-11-22(35)15-21(31)7-8-23-24-12-14-33(42,32(24,2)16-25(36)29(23)31)26(37)18-43-28(39)10-9-27(38)34-17-19-3-5-20(6-4-19)30(40)41/h3-6,11,13,15,23-25,29,36,42H,7-10,12,14,16-18H2,1-2H3,(H,34,38)(H,40,41)/t23-,24+,25+,29+,31+,32+,33-/m1/s1. The second kappa shape index (κ2) is 11.5. The molecule has 5 rings (SSSR count). The van der Waals surface area contributed by atoms with Crippen molar-refractivity contribution in [2.45, 2.75) is 77.0 Å². The first-order valence-corrected chi connectivity index (χ1v) is 14.9. The van der Waals surface area contributed by atoms with Crippen molar-refractivity contribution >= 4 is 29.4 Å². The summed E-state index contributed by atoms with van der Waals surface area (Å²) in [5, 5.41) is 34.9. The van der Waals surface area contributed by atoms with Crippen LogP contribution in [0.5, 0.6) is 0 Å². The van der Waals surface area contributed by atoms with Crippen LogP contribution in [0.1, 0.15) is 74.7 Å². The highest BCUT2D eigenvalue weighted by molar-refractivity contribution is 6.01. The normalized spacial score (nSPS) is 34.3. The van der Waals surface area contributed by atoms with E-state index in [2.05, 4.69) is 12.2 Å². The van der Waals surface area contributed by atoms with Gasteiger partial charge in [-0.25, -0.2) is 4.79 Å². The van der Waals surface area contributed by atoms with Crippen molar-refractivity contribution in [2.24, 2.45) is 28.6 Å². The van der Waals surface area contributed by atoms with E-state index in [1.165, 1.54) is 12.1 Å². The number of rotatable bonds is 9. The van der Waals surface area contributed by atoms with Crippen LogP contribution in [0.4, 0.5) is 0 Å². The maximum atomic E-state index is 13.4. The number of carbonyl (C=O) groups excluding carboxylic acids is 4. The van der Waals surface area contributed by atoms with Gasteiger partial charge in [-0.1, -0.05) is 37.6 Å². The minimum Gasteiger partial charge on any atom is -0.478 e. The molecule has 10 nitrogen and oxygen atoms in total. The molecule has 230 valence electrons. The fraction of sp³-hybridized carbons (Fsp3) is 0.545. The molecule has 0 spiro atoms. The SMILES string of the molecule is C[C@]12C=CC(=O)C=C1CC[C@H]1[C@H]2[C@@H](O)C[C@@]2(C)[C@H]1CC[C@@]2(O)C(=O)COC(=O)CCC(=O)NCc1ccc(C(=O)O)cc1. The number of aromatic carboxylic acids is 1. The third-order valence-electron chi connectivity index (χ3n) is 10.7. The number of nitrogens with one attached hydrogen (secondary N) is 1. The summed E-state index contributed by atoms with van der Waals surface area (Å²) in [6, 6.07) is 6.05. The van der Waals surface area contributed by atoms with Gasteiger partial charge in [0.05, 0.1) is 18.1 Å². The molecule has 0 heterocycles. The number of carboxylic acids is 1. The number of carboxylic acid groups (broad SMARTS) is 1. The quantitative estimate of drug-likeness (QED) is 0.315. The number of ketones is 2. The van der Waals surface area contributed by atoms with E-state index in [-0.39, 0.29) is 61.3 Å². The Hall–Kier alpha value is -3.63. The van der Waals surface area contributed by atoms with E-state index in [9.17, 15) is 34.2 Å². The summed E-state index contributed by atoms with van der Waals surface area (Å²) in [4.78, 5) is 60.9. The van der Waals surface area contributed by atoms with Crippen molar-refractivity contribution in [1.29, 1.82) is 0 Å². The van der Waals surface area contributed by atoms with Crippen molar-refractivity contribution in [2.75, 3.05) is 6.61 Å². The van der Waals surface area contributed by atoms with Gasteiger partial charge in [-0.15, -0.1) is 0 Å². The molecule has 43 heavy (non-hydrogen) atoms. The Labute approximate surface area is 250 Å². The van der Waals surface area contributed by atoms with Crippen molar-refractivity contribution < 1.29 is 44.0 Å². The van der Waals surface area contributed by atoms with E-state index in [1.807, 2.05) is 13.0 Å². The fourth-order valence-corrected chi connectivity index (χ4v) is 8.40. The molecule has 4 aliphatic rings. The predicted octanol–water partition coefficient (Wildman–Crippen LogP) is 2.90. The first kappa shape index (κ1) is 30.8. The molecule has 0 radical (unpaired) electrons. The minimum atomic E-state index is -1.76. The van der Waals surface area contributed by atoms with E-state index in [1.54, 1.807) is 24.3 Å². The zero-order valence-corrected chi connectivity index (χ0v) is 24.5. The molecule has 0 aromatic heterocycles. The summed E-state index contributed by atoms with van der Waals surface area (Å²) in [6.07, 6.45) is 6.51. The Morgan fingerprint density at radius 1 is 1.07 bits per heavy atom. The third kappa shape index (κ3) is 5.47. The number of allylic oxidation sites excluding steroid dienone is 4. The molecule has 0 aliphatic heterocycles. The molecule has 4 aliphatic carbocycles. The Morgan fingerprint density at radius 2 is 1.79 bits per heavy atom. The van der Waals surface area contributed by atoms with Gasteiger partial charge >= 0.3 is 11.9 Å². The lowest BCUT2D eigenvalue weighted by molar-refractivity contribution is -0.181.